The normalized spacial score (nSPS) is 41.5. The molecule has 7 rings (SSSR count). The molecule has 0 radical (unpaired) electrons. The summed E-state index contributed by atoms with van der Waals surface area (Å²) >= 11 is 0. The van der Waals surface area contributed by atoms with E-state index >= 15 is 0 Å². The van der Waals surface area contributed by atoms with Crippen molar-refractivity contribution in [2.24, 2.45) is 64.6 Å². The van der Waals surface area contributed by atoms with Crippen molar-refractivity contribution in [3.63, 3.8) is 0 Å². The molecule has 0 N–H and O–H groups in total. The van der Waals surface area contributed by atoms with Crippen LogP contribution < -0.4 is 0 Å². The van der Waals surface area contributed by atoms with Crippen LogP contribution in [0.5, 0.6) is 0 Å². The Morgan fingerprint density at radius 1 is 0.642 bits per heavy atom. The predicted molar refractivity (Wildman–Crippen MR) is 205 cm³/mol. The van der Waals surface area contributed by atoms with Gasteiger partial charge >= 0.3 is 17.9 Å². The lowest BCUT2D eigenvalue weighted by Crippen LogP contribution is -2.46. The highest BCUT2D eigenvalue weighted by atomic mass is 16.7. The summed E-state index contributed by atoms with van der Waals surface area (Å²) < 4.78 is 34.3. The first kappa shape index (κ1) is 44.0. The van der Waals surface area contributed by atoms with E-state index in [2.05, 4.69) is 34.6 Å². The molecule has 4 saturated carbocycles. The van der Waals surface area contributed by atoms with E-state index in [1.807, 2.05) is 0 Å². The van der Waals surface area contributed by atoms with Gasteiger partial charge in [0.05, 0.1) is 37.1 Å². The van der Waals surface area contributed by atoms with E-state index in [1.165, 1.54) is 19.3 Å². The van der Waals surface area contributed by atoms with Crippen LogP contribution in [0.3, 0.4) is 0 Å². The van der Waals surface area contributed by atoms with Crippen molar-refractivity contribution in [1.29, 1.82) is 0 Å². The van der Waals surface area contributed by atoms with E-state index in [4.69, 9.17) is 28.4 Å². The topological polar surface area (TPSA) is 107 Å². The van der Waals surface area contributed by atoms with Crippen molar-refractivity contribution in [3.05, 3.63) is 0 Å². The molecule has 0 aromatic carbocycles. The molecular formula is C44H76O9. The van der Waals surface area contributed by atoms with Gasteiger partial charge in [-0.1, -0.05) is 61.8 Å². The van der Waals surface area contributed by atoms with E-state index in [0.717, 1.165) is 96.5 Å². The zero-order chi connectivity index (χ0) is 36.1. The Bertz CT molecular complexity index is 1160. The van der Waals surface area contributed by atoms with Crippen LogP contribution in [0.4, 0.5) is 0 Å². The monoisotopic (exact) mass is 749 g/mol. The standard InChI is InChI=1S/C26H40O6.C16H28O3.2CH4/c1-3-8-16-13-15(2)21-17-14-18(22(16)21)24(26(28)32-20-10-5-7-12-30-20)23(17)25(27)31-19-9-4-6-11-29-19;1-4-7-13-10-12(2)11-16(13,3)15(17)19-14-8-5-6-9-18-14;;/h15-24H,3-14H2,1-2H3;12-14H,4-11H2,1-3H3;2*1H4. The third-order valence-corrected chi connectivity index (χ3v) is 14.0. The first-order chi connectivity index (χ1) is 24.6. The molecule has 306 valence electrons. The Kier molecular flexibility index (Phi) is 16.6. The molecule has 0 aromatic heterocycles. The molecule has 0 aromatic rings. The number of hydrogen-bond donors (Lipinski definition) is 0. The van der Waals surface area contributed by atoms with Crippen LogP contribution in [0.1, 0.15) is 159 Å². The van der Waals surface area contributed by atoms with E-state index < -0.39 is 24.4 Å². The smallest absolute Gasteiger partial charge is 0.314 e. The second kappa shape index (κ2) is 19.9. The Hall–Kier alpha value is -1.71. The first-order valence-corrected chi connectivity index (χ1v) is 21.1. The average molecular weight is 749 g/mol. The van der Waals surface area contributed by atoms with Crippen LogP contribution in [0.15, 0.2) is 0 Å². The Morgan fingerprint density at radius 2 is 1.13 bits per heavy atom. The van der Waals surface area contributed by atoms with Crippen molar-refractivity contribution in [2.75, 3.05) is 19.8 Å². The fourth-order valence-corrected chi connectivity index (χ4v) is 11.9. The number of hydrogen-bond acceptors (Lipinski definition) is 9. The molecule has 3 saturated heterocycles. The highest BCUT2D eigenvalue weighted by molar-refractivity contribution is 5.84. The highest BCUT2D eigenvalue weighted by Gasteiger charge is 2.67. The van der Waals surface area contributed by atoms with E-state index in [1.54, 1.807) is 0 Å². The van der Waals surface area contributed by atoms with Crippen LogP contribution in [-0.4, -0.2) is 56.6 Å². The summed E-state index contributed by atoms with van der Waals surface area (Å²) in [4.78, 5) is 39.5. The SMILES string of the molecule is C.C.CCCC1CC(C)C2C3CC(C(C(=O)OC4CCCCO4)C3C(=O)OC3CCCCO3)C12.CCCC1CC(C)CC1(C)C(=O)OC1CCCCO1. The van der Waals surface area contributed by atoms with Crippen molar-refractivity contribution in [2.45, 2.75) is 177 Å². The number of carbonyl (C=O) groups is 3. The van der Waals surface area contributed by atoms with Gasteiger partial charge in [0.2, 0.25) is 18.9 Å². The zero-order valence-electron chi connectivity index (χ0n) is 32.3. The second-order valence-electron chi connectivity index (χ2n) is 17.6. The van der Waals surface area contributed by atoms with Crippen molar-refractivity contribution < 1.29 is 42.8 Å². The number of carbonyl (C=O) groups excluding carboxylic acids is 3. The molecule has 3 heterocycles. The van der Waals surface area contributed by atoms with Gasteiger partial charge in [-0.2, -0.15) is 0 Å². The maximum Gasteiger partial charge on any atom is 0.314 e. The van der Waals surface area contributed by atoms with Gasteiger partial charge < -0.3 is 28.4 Å². The predicted octanol–water partition coefficient (Wildman–Crippen LogP) is 9.88. The Labute approximate surface area is 322 Å². The largest absolute Gasteiger partial charge is 0.436 e. The number of fused-ring (bicyclic) bond motifs is 5. The van der Waals surface area contributed by atoms with Crippen LogP contribution in [0.2, 0.25) is 0 Å². The van der Waals surface area contributed by atoms with Gasteiger partial charge in [-0.3, -0.25) is 14.4 Å². The summed E-state index contributed by atoms with van der Waals surface area (Å²) in [5.74, 6) is 2.60. The zero-order valence-corrected chi connectivity index (χ0v) is 32.3. The van der Waals surface area contributed by atoms with E-state index in [9.17, 15) is 14.4 Å². The lowest BCUT2D eigenvalue weighted by molar-refractivity contribution is -0.207. The molecule has 3 aliphatic heterocycles. The van der Waals surface area contributed by atoms with Gasteiger partial charge in [0.15, 0.2) is 0 Å². The average Bonchev–Trinajstić information content (AvgIpc) is 3.87. The minimum Gasteiger partial charge on any atom is -0.436 e. The number of rotatable bonds is 10. The Morgan fingerprint density at radius 3 is 1.60 bits per heavy atom. The molecule has 7 aliphatic rings. The summed E-state index contributed by atoms with van der Waals surface area (Å²) in [7, 11) is 0. The molecule has 9 heteroatoms. The van der Waals surface area contributed by atoms with Gasteiger partial charge in [-0.15, -0.1) is 0 Å². The summed E-state index contributed by atoms with van der Waals surface area (Å²) in [6.07, 6.45) is 16.3. The fourth-order valence-electron chi connectivity index (χ4n) is 11.9. The van der Waals surface area contributed by atoms with Crippen LogP contribution in [-0.2, 0) is 42.8 Å². The van der Waals surface area contributed by atoms with Crippen molar-refractivity contribution in [3.8, 4) is 0 Å². The lowest BCUT2D eigenvalue weighted by atomic mass is 9.66. The molecule has 0 spiro atoms. The summed E-state index contributed by atoms with van der Waals surface area (Å²) in [5.41, 5.74) is -0.295. The lowest BCUT2D eigenvalue weighted by Gasteiger charge is -2.39. The molecule has 14 unspecified atom stereocenters. The maximum atomic E-state index is 13.5. The summed E-state index contributed by atoms with van der Waals surface area (Å²) in [6, 6.07) is 0. The molecule has 9 nitrogen and oxygen atoms in total. The minimum absolute atomic E-state index is 0. The molecular weight excluding hydrogens is 672 g/mol. The van der Waals surface area contributed by atoms with Gasteiger partial charge in [0.1, 0.15) is 0 Å². The third-order valence-electron chi connectivity index (χ3n) is 14.0. The molecule has 2 bridgehead atoms. The molecule has 0 amide bonds. The van der Waals surface area contributed by atoms with Crippen LogP contribution >= 0.6 is 0 Å². The molecule has 7 fully saturated rings. The Balaban J connectivity index is 0.000000258. The number of ether oxygens (including phenoxy) is 6. The summed E-state index contributed by atoms with van der Waals surface area (Å²) in [6.45, 7) is 13.1. The van der Waals surface area contributed by atoms with Gasteiger partial charge in [0, 0.05) is 19.3 Å². The highest BCUT2D eigenvalue weighted by Crippen LogP contribution is 2.67. The minimum atomic E-state index is -0.460. The van der Waals surface area contributed by atoms with Crippen LogP contribution in [0, 0.1) is 64.6 Å². The van der Waals surface area contributed by atoms with Crippen molar-refractivity contribution in [1.82, 2.24) is 0 Å². The quantitative estimate of drug-likeness (QED) is 0.159. The van der Waals surface area contributed by atoms with Crippen LogP contribution in [0.25, 0.3) is 0 Å². The first-order valence-electron chi connectivity index (χ1n) is 21.1. The molecule has 53 heavy (non-hydrogen) atoms. The van der Waals surface area contributed by atoms with Crippen molar-refractivity contribution >= 4 is 17.9 Å². The van der Waals surface area contributed by atoms with E-state index in [0.29, 0.717) is 48.7 Å². The summed E-state index contributed by atoms with van der Waals surface area (Å²) in [5, 5.41) is 0. The third kappa shape index (κ3) is 9.82. The van der Waals surface area contributed by atoms with Gasteiger partial charge in [-0.05, 0) is 125 Å². The van der Waals surface area contributed by atoms with Gasteiger partial charge in [-0.25, -0.2) is 0 Å². The number of esters is 3. The van der Waals surface area contributed by atoms with E-state index in [-0.39, 0.29) is 56.3 Å². The maximum absolute atomic E-state index is 13.5. The molecule has 14 atom stereocenters. The second-order valence-corrected chi connectivity index (χ2v) is 17.6. The molecule has 4 aliphatic carbocycles. The van der Waals surface area contributed by atoms with Gasteiger partial charge in [0.25, 0.3) is 0 Å². The fraction of sp³-hybridized carbons (Fsp3) is 0.932.